The third-order valence-corrected chi connectivity index (χ3v) is 6.60. The van der Waals surface area contributed by atoms with Gasteiger partial charge >= 0.3 is 11.3 Å². The van der Waals surface area contributed by atoms with Crippen LogP contribution in [0.4, 0.5) is 5.69 Å². The highest BCUT2D eigenvalue weighted by atomic mass is 35.5. The number of halogens is 1. The number of phenolic OH excluding ortho intramolecular Hbond substituents is 1. The fourth-order valence-corrected chi connectivity index (χ4v) is 4.70. The van der Waals surface area contributed by atoms with E-state index >= 15 is 0 Å². The molecular formula is C24H20ClN4O2S+. The summed E-state index contributed by atoms with van der Waals surface area (Å²) in [7, 11) is 0. The number of hydrogen-bond donors (Lipinski definition) is 3. The number of benzene rings is 3. The van der Waals surface area contributed by atoms with Crippen molar-refractivity contribution in [3.8, 4) is 17.0 Å². The Labute approximate surface area is 193 Å². The van der Waals surface area contributed by atoms with Crippen LogP contribution in [0, 0.1) is 6.92 Å². The average Bonchev–Trinajstić information content (AvgIpc) is 2.80. The molecule has 0 amide bonds. The van der Waals surface area contributed by atoms with E-state index in [2.05, 4.69) is 41.5 Å². The summed E-state index contributed by atoms with van der Waals surface area (Å²) >= 11 is 7.64. The molecule has 8 heteroatoms. The first-order chi connectivity index (χ1) is 15.5. The highest BCUT2D eigenvalue weighted by Gasteiger charge is 2.37. The summed E-state index contributed by atoms with van der Waals surface area (Å²) in [4.78, 5) is 16.1. The summed E-state index contributed by atoms with van der Waals surface area (Å²) in [5.41, 5.74) is 4.99. The zero-order chi connectivity index (χ0) is 22.2. The minimum absolute atomic E-state index is 0.00469. The first-order valence-electron chi connectivity index (χ1n) is 10.1. The number of phenols is 1. The largest absolute Gasteiger partial charge is 0.506 e. The predicted molar refractivity (Wildman–Crippen MR) is 126 cm³/mol. The fourth-order valence-electron chi connectivity index (χ4n) is 3.71. The molecule has 1 aliphatic heterocycles. The van der Waals surface area contributed by atoms with Gasteiger partial charge in [0, 0.05) is 16.4 Å². The lowest BCUT2D eigenvalue weighted by Crippen LogP contribution is -2.55. The molecule has 5 rings (SSSR count). The summed E-state index contributed by atoms with van der Waals surface area (Å²) in [6, 6.07) is 20.9. The van der Waals surface area contributed by atoms with Crippen LogP contribution < -0.4 is 15.6 Å². The second kappa shape index (κ2) is 8.33. The number of nitrogens with one attached hydrogen (secondary N) is 2. The van der Waals surface area contributed by atoms with Gasteiger partial charge in [0.15, 0.2) is 0 Å². The number of aromatic nitrogens is 3. The lowest BCUT2D eigenvalue weighted by molar-refractivity contribution is -0.759. The Bertz CT molecular complexity index is 1370. The Morgan fingerprint density at radius 1 is 1.12 bits per heavy atom. The number of H-pyrrole nitrogens is 1. The number of anilines is 1. The molecule has 1 aliphatic rings. The predicted octanol–water partition coefficient (Wildman–Crippen LogP) is 4.66. The van der Waals surface area contributed by atoms with Crippen molar-refractivity contribution in [2.45, 2.75) is 24.0 Å². The van der Waals surface area contributed by atoms with Gasteiger partial charge in [-0.25, -0.2) is 0 Å². The summed E-state index contributed by atoms with van der Waals surface area (Å²) in [5, 5.41) is 18.8. The van der Waals surface area contributed by atoms with Gasteiger partial charge in [-0.05, 0) is 47.5 Å². The number of aromatic hydroxyl groups is 1. The Balaban J connectivity index is 1.58. The van der Waals surface area contributed by atoms with Crippen LogP contribution in [-0.2, 0) is 5.75 Å². The number of aryl methyl sites for hydroxylation is 1. The number of para-hydroxylation sites is 1. The molecule has 3 N–H and O–H groups in total. The van der Waals surface area contributed by atoms with Crippen LogP contribution in [0.25, 0.3) is 11.3 Å². The maximum atomic E-state index is 13.2. The Morgan fingerprint density at radius 2 is 1.91 bits per heavy atom. The van der Waals surface area contributed by atoms with Crippen LogP contribution in [0.15, 0.2) is 76.7 Å². The van der Waals surface area contributed by atoms with E-state index in [9.17, 15) is 9.90 Å². The Morgan fingerprint density at radius 3 is 2.69 bits per heavy atom. The van der Waals surface area contributed by atoms with Crippen molar-refractivity contribution in [1.82, 2.24) is 10.1 Å². The molecule has 2 heterocycles. The normalized spacial score (nSPS) is 14.4. The number of fused-ring (bicyclic) bond motifs is 3. The maximum absolute atomic E-state index is 13.2. The Kier molecular flexibility index (Phi) is 5.36. The van der Waals surface area contributed by atoms with E-state index in [1.54, 1.807) is 22.9 Å². The van der Waals surface area contributed by atoms with Gasteiger partial charge in [-0.15, -0.1) is 0 Å². The van der Waals surface area contributed by atoms with Crippen molar-refractivity contribution < 1.29 is 9.79 Å². The van der Waals surface area contributed by atoms with E-state index in [1.807, 2.05) is 24.3 Å². The van der Waals surface area contributed by atoms with E-state index in [1.165, 1.54) is 17.3 Å². The number of nitrogens with zero attached hydrogens (tertiary/aromatic N) is 2. The van der Waals surface area contributed by atoms with E-state index in [4.69, 9.17) is 16.7 Å². The first kappa shape index (κ1) is 20.6. The molecule has 0 aliphatic carbocycles. The third kappa shape index (κ3) is 3.85. The van der Waals surface area contributed by atoms with Gasteiger partial charge in [-0.2, -0.15) is 0 Å². The number of hydrogen-bond acceptors (Lipinski definition) is 5. The lowest BCUT2D eigenvalue weighted by atomic mass is 10.0. The molecule has 0 saturated heterocycles. The minimum atomic E-state index is -0.459. The van der Waals surface area contributed by atoms with E-state index < -0.39 is 6.17 Å². The van der Waals surface area contributed by atoms with Crippen LogP contribution in [-0.4, -0.2) is 15.2 Å². The maximum Gasteiger partial charge on any atom is 0.325 e. The highest BCUT2D eigenvalue weighted by molar-refractivity contribution is 7.98. The average molecular weight is 464 g/mol. The zero-order valence-electron chi connectivity index (χ0n) is 17.2. The van der Waals surface area contributed by atoms with Crippen molar-refractivity contribution >= 4 is 29.1 Å². The molecule has 0 bridgehead atoms. The second-order valence-electron chi connectivity index (χ2n) is 7.63. The first-order valence-corrected chi connectivity index (χ1v) is 11.4. The number of aromatic amines is 1. The molecule has 160 valence electrons. The molecule has 32 heavy (non-hydrogen) atoms. The van der Waals surface area contributed by atoms with Gasteiger partial charge in [0.1, 0.15) is 5.75 Å². The SMILES string of the molecule is Cc1ccc(CSc2n[n+]3c(c(=O)[nH]2)-c2ccccc2N[C@H]3c2ccc(O)c(Cl)c2)cc1. The van der Waals surface area contributed by atoms with Crippen LogP contribution >= 0.6 is 23.4 Å². The molecule has 6 nitrogen and oxygen atoms in total. The van der Waals surface area contributed by atoms with E-state index in [0.29, 0.717) is 16.6 Å². The summed E-state index contributed by atoms with van der Waals surface area (Å²) in [6.07, 6.45) is -0.459. The van der Waals surface area contributed by atoms with Gasteiger partial charge in [0.25, 0.3) is 6.17 Å². The van der Waals surface area contributed by atoms with Crippen molar-refractivity contribution in [2.75, 3.05) is 5.32 Å². The van der Waals surface area contributed by atoms with Gasteiger partial charge in [0.05, 0.1) is 16.3 Å². The van der Waals surface area contributed by atoms with Crippen molar-refractivity contribution in [3.05, 3.63) is 98.8 Å². The molecule has 3 aromatic carbocycles. The molecule has 4 aromatic rings. The van der Waals surface area contributed by atoms with Gasteiger partial charge in [-0.1, -0.05) is 65.3 Å². The molecule has 0 spiro atoms. The fraction of sp³-hybridized carbons (Fsp3) is 0.125. The highest BCUT2D eigenvalue weighted by Crippen LogP contribution is 2.33. The Hall–Kier alpha value is -3.29. The standard InChI is InChI=1S/C24H19ClN4O2S/c1-14-6-8-15(9-7-14)13-32-24-27-23(31)21-17-4-2-3-5-19(17)26-22(29(21)28-24)16-10-11-20(30)18(25)12-16/h2-12,22H,13H2,1H3,(H2,27,28,30,31)/p+1/t22-/m1/s1. The van der Waals surface area contributed by atoms with Crippen molar-refractivity contribution in [3.63, 3.8) is 0 Å². The van der Waals surface area contributed by atoms with Crippen molar-refractivity contribution in [2.24, 2.45) is 0 Å². The quantitative estimate of drug-likeness (QED) is 0.303. The molecule has 1 atom stereocenters. The second-order valence-corrected chi connectivity index (χ2v) is 9.00. The molecule has 1 aromatic heterocycles. The summed E-state index contributed by atoms with van der Waals surface area (Å²) in [5.74, 6) is 0.688. The van der Waals surface area contributed by atoms with E-state index in [0.717, 1.165) is 22.4 Å². The van der Waals surface area contributed by atoms with Crippen LogP contribution in [0.2, 0.25) is 5.02 Å². The minimum Gasteiger partial charge on any atom is -0.506 e. The van der Waals surface area contributed by atoms with Gasteiger partial charge < -0.3 is 10.4 Å². The lowest BCUT2D eigenvalue weighted by Gasteiger charge is -2.22. The molecule has 0 radical (unpaired) electrons. The van der Waals surface area contributed by atoms with Gasteiger partial charge in [-0.3, -0.25) is 9.78 Å². The zero-order valence-corrected chi connectivity index (χ0v) is 18.7. The van der Waals surface area contributed by atoms with Crippen LogP contribution in [0.5, 0.6) is 5.75 Å². The van der Waals surface area contributed by atoms with Crippen molar-refractivity contribution in [1.29, 1.82) is 0 Å². The number of rotatable bonds is 4. The molecular weight excluding hydrogens is 444 g/mol. The van der Waals surface area contributed by atoms with Crippen LogP contribution in [0.3, 0.4) is 0 Å². The van der Waals surface area contributed by atoms with Crippen LogP contribution in [0.1, 0.15) is 22.9 Å². The van der Waals surface area contributed by atoms with E-state index in [-0.39, 0.29) is 16.3 Å². The third-order valence-electron chi connectivity index (χ3n) is 5.37. The summed E-state index contributed by atoms with van der Waals surface area (Å²) in [6.45, 7) is 2.05. The smallest absolute Gasteiger partial charge is 0.325 e. The molecule has 0 unspecified atom stereocenters. The molecule has 0 saturated carbocycles. The number of thioether (sulfide) groups is 1. The summed E-state index contributed by atoms with van der Waals surface area (Å²) < 4.78 is 1.70. The monoisotopic (exact) mass is 463 g/mol. The molecule has 0 fully saturated rings. The van der Waals surface area contributed by atoms with Gasteiger partial charge in [0.2, 0.25) is 5.16 Å². The topological polar surface area (TPSA) is 81.9 Å².